The summed E-state index contributed by atoms with van der Waals surface area (Å²) < 4.78 is 2.64. The molecule has 0 aliphatic heterocycles. The van der Waals surface area contributed by atoms with E-state index >= 15 is 0 Å². The molecule has 1 aromatic heterocycles. The quantitative estimate of drug-likeness (QED) is 0.819. The predicted molar refractivity (Wildman–Crippen MR) is 96.8 cm³/mol. The van der Waals surface area contributed by atoms with Crippen molar-refractivity contribution in [3.05, 3.63) is 34.6 Å². The zero-order valence-electron chi connectivity index (χ0n) is 14.1. The van der Waals surface area contributed by atoms with Gasteiger partial charge in [0.05, 0.1) is 6.67 Å². The highest BCUT2D eigenvalue weighted by atomic mass is 32.1. The maximum atomic E-state index is 5.46. The maximum absolute atomic E-state index is 5.46. The third kappa shape index (κ3) is 3.90. The smallest absolute Gasteiger partial charge is 0.217 e. The van der Waals surface area contributed by atoms with Gasteiger partial charge < -0.3 is 0 Å². The molecule has 0 atom stereocenters. The second-order valence-electron chi connectivity index (χ2n) is 6.49. The van der Waals surface area contributed by atoms with E-state index < -0.39 is 0 Å². The lowest BCUT2D eigenvalue weighted by Gasteiger charge is -2.33. The molecule has 0 radical (unpaired) electrons. The lowest BCUT2D eigenvalue weighted by molar-refractivity contribution is 0.119. The van der Waals surface area contributed by atoms with Crippen molar-refractivity contribution in [2.45, 2.75) is 58.7 Å². The molecule has 3 rings (SSSR count). The second kappa shape index (κ2) is 7.41. The third-order valence-electron chi connectivity index (χ3n) is 4.82. The highest BCUT2D eigenvalue weighted by Gasteiger charge is 2.20. The van der Waals surface area contributed by atoms with Crippen LogP contribution in [0.5, 0.6) is 0 Å². The van der Waals surface area contributed by atoms with Crippen LogP contribution < -0.4 is 0 Å². The fraction of sp³-hybridized carbons (Fsp3) is 0.556. The number of rotatable bonds is 5. The monoisotopic (exact) mass is 330 g/mol. The van der Waals surface area contributed by atoms with Crippen LogP contribution in [0, 0.1) is 11.7 Å². The number of nitrogens with zero attached hydrogens (tertiary/aromatic N) is 3. The van der Waals surface area contributed by atoms with Gasteiger partial charge in [-0.25, -0.2) is 4.68 Å². The molecular weight excluding hydrogens is 304 g/mol. The van der Waals surface area contributed by atoms with Crippen LogP contribution in [0.2, 0.25) is 0 Å². The van der Waals surface area contributed by atoms with Crippen molar-refractivity contribution in [3.8, 4) is 11.4 Å². The Morgan fingerprint density at radius 3 is 2.57 bits per heavy atom. The molecule has 1 saturated carbocycles. The number of nitrogens with one attached hydrogen (secondary N) is 1. The van der Waals surface area contributed by atoms with E-state index in [1.807, 2.05) is 4.68 Å². The number of H-pyrrole nitrogens is 1. The van der Waals surface area contributed by atoms with E-state index in [4.69, 9.17) is 12.2 Å². The van der Waals surface area contributed by atoms with Crippen LogP contribution in [0.1, 0.15) is 44.6 Å². The van der Waals surface area contributed by atoms with Gasteiger partial charge in [-0.1, -0.05) is 56.0 Å². The minimum absolute atomic E-state index is 0.634. The zero-order valence-corrected chi connectivity index (χ0v) is 14.9. The topological polar surface area (TPSA) is 36.9 Å². The van der Waals surface area contributed by atoms with Crippen LogP contribution in [0.3, 0.4) is 0 Å². The van der Waals surface area contributed by atoms with E-state index in [0.717, 1.165) is 24.6 Å². The van der Waals surface area contributed by atoms with Crippen LogP contribution in [-0.2, 0) is 6.67 Å². The Balaban J connectivity index is 1.77. The minimum Gasteiger partial charge on any atom is -0.282 e. The highest BCUT2D eigenvalue weighted by molar-refractivity contribution is 7.71. The van der Waals surface area contributed by atoms with E-state index in [2.05, 4.69) is 53.1 Å². The molecule has 0 saturated heterocycles. The van der Waals surface area contributed by atoms with Crippen molar-refractivity contribution in [2.24, 2.45) is 0 Å². The molecule has 0 spiro atoms. The van der Waals surface area contributed by atoms with Crippen LogP contribution >= 0.6 is 12.2 Å². The number of aromatic nitrogens is 3. The largest absolute Gasteiger partial charge is 0.282 e. The Labute approximate surface area is 143 Å². The lowest BCUT2D eigenvalue weighted by atomic mass is 9.94. The van der Waals surface area contributed by atoms with Crippen LogP contribution in [0.15, 0.2) is 24.3 Å². The molecule has 0 bridgehead atoms. The van der Waals surface area contributed by atoms with Gasteiger partial charge in [0.2, 0.25) is 4.77 Å². The number of aromatic amines is 1. The van der Waals surface area contributed by atoms with Crippen LogP contribution in [0.4, 0.5) is 0 Å². The molecule has 5 heteroatoms. The summed E-state index contributed by atoms with van der Waals surface area (Å²) in [4.78, 5) is 7.06. The van der Waals surface area contributed by atoms with Gasteiger partial charge in [-0.05, 0) is 38.5 Å². The molecular formula is C18H26N4S. The Morgan fingerprint density at radius 1 is 1.22 bits per heavy atom. The number of benzene rings is 1. The van der Waals surface area contributed by atoms with E-state index in [1.54, 1.807) is 0 Å². The second-order valence-corrected chi connectivity index (χ2v) is 6.85. The van der Waals surface area contributed by atoms with Gasteiger partial charge >= 0.3 is 0 Å². The van der Waals surface area contributed by atoms with Gasteiger partial charge in [-0.3, -0.25) is 10.00 Å². The first-order chi connectivity index (χ1) is 11.2. The molecule has 1 aromatic carbocycles. The van der Waals surface area contributed by atoms with Crippen molar-refractivity contribution in [1.29, 1.82) is 0 Å². The van der Waals surface area contributed by atoms with Gasteiger partial charge in [0, 0.05) is 11.6 Å². The molecule has 1 N–H and O–H groups in total. The predicted octanol–water partition coefficient (Wildman–Crippen LogP) is 4.53. The summed E-state index contributed by atoms with van der Waals surface area (Å²) >= 11 is 5.46. The molecule has 124 valence electrons. The van der Waals surface area contributed by atoms with Crippen molar-refractivity contribution < 1.29 is 0 Å². The summed E-state index contributed by atoms with van der Waals surface area (Å²) in [7, 11) is 0. The van der Waals surface area contributed by atoms with Gasteiger partial charge in [0.25, 0.3) is 0 Å². The van der Waals surface area contributed by atoms with Crippen LogP contribution in [0.25, 0.3) is 11.4 Å². The summed E-state index contributed by atoms with van der Waals surface area (Å²) in [6.07, 6.45) is 6.70. The molecule has 1 heterocycles. The molecule has 2 aromatic rings. The molecule has 4 nitrogen and oxygen atoms in total. The first kappa shape index (κ1) is 16.4. The Morgan fingerprint density at radius 2 is 1.91 bits per heavy atom. The number of aryl methyl sites for hydroxylation is 1. The molecule has 1 aliphatic rings. The summed E-state index contributed by atoms with van der Waals surface area (Å²) in [6.45, 7) is 6.17. The SMILES string of the molecule is CCN(Cn1[nH]c(-c2ccc(C)cc2)nc1=S)C1CCCCC1. The van der Waals surface area contributed by atoms with E-state index in [0.29, 0.717) is 10.8 Å². The van der Waals surface area contributed by atoms with Crippen molar-refractivity contribution in [2.75, 3.05) is 6.54 Å². The summed E-state index contributed by atoms with van der Waals surface area (Å²) in [5, 5.41) is 3.38. The van der Waals surface area contributed by atoms with Crippen molar-refractivity contribution in [3.63, 3.8) is 0 Å². The number of hydrogen-bond acceptors (Lipinski definition) is 3. The fourth-order valence-electron chi connectivity index (χ4n) is 3.39. The van der Waals surface area contributed by atoms with E-state index in [1.165, 1.54) is 37.7 Å². The van der Waals surface area contributed by atoms with Crippen molar-refractivity contribution >= 4 is 12.2 Å². The Hall–Kier alpha value is -1.46. The standard InChI is InChI=1S/C18H26N4S/c1-3-21(16-7-5-4-6-8-16)13-22-18(23)19-17(20-22)15-11-9-14(2)10-12-15/h9-12,16H,3-8,13H2,1-2H3,(H,19,20,23). The first-order valence-electron chi connectivity index (χ1n) is 8.65. The number of hydrogen-bond donors (Lipinski definition) is 1. The summed E-state index contributed by atoms with van der Waals surface area (Å²) in [5.74, 6) is 0.856. The maximum Gasteiger partial charge on any atom is 0.217 e. The third-order valence-corrected chi connectivity index (χ3v) is 5.14. The Kier molecular flexibility index (Phi) is 5.28. The first-order valence-corrected chi connectivity index (χ1v) is 9.06. The van der Waals surface area contributed by atoms with Gasteiger partial charge in [0.1, 0.15) is 0 Å². The van der Waals surface area contributed by atoms with Crippen molar-refractivity contribution in [1.82, 2.24) is 19.7 Å². The summed E-state index contributed by atoms with van der Waals surface area (Å²) in [6, 6.07) is 9.07. The lowest BCUT2D eigenvalue weighted by Crippen LogP contribution is -2.38. The molecule has 0 unspecified atom stereocenters. The van der Waals surface area contributed by atoms with Gasteiger partial charge in [0.15, 0.2) is 5.82 Å². The molecule has 23 heavy (non-hydrogen) atoms. The van der Waals surface area contributed by atoms with Gasteiger partial charge in [-0.15, -0.1) is 0 Å². The fourth-order valence-corrected chi connectivity index (χ4v) is 3.59. The molecule has 1 aliphatic carbocycles. The van der Waals surface area contributed by atoms with Gasteiger partial charge in [-0.2, -0.15) is 4.98 Å². The summed E-state index contributed by atoms with van der Waals surface area (Å²) in [5.41, 5.74) is 2.34. The van der Waals surface area contributed by atoms with Crippen LogP contribution in [-0.4, -0.2) is 32.3 Å². The zero-order chi connectivity index (χ0) is 16.2. The molecule has 1 fully saturated rings. The van der Waals surface area contributed by atoms with E-state index in [-0.39, 0.29) is 0 Å². The van der Waals surface area contributed by atoms with E-state index in [9.17, 15) is 0 Å². The normalized spacial score (nSPS) is 16.1. The average Bonchev–Trinajstić information content (AvgIpc) is 2.95. The minimum atomic E-state index is 0.634. The highest BCUT2D eigenvalue weighted by Crippen LogP contribution is 2.23. The average molecular weight is 331 g/mol. The molecule has 0 amide bonds. The Bertz CT molecular complexity index is 680.